The zero-order valence-electron chi connectivity index (χ0n) is 21.4. The predicted molar refractivity (Wildman–Crippen MR) is 147 cm³/mol. The molecular weight excluding hydrogens is 493 g/mol. The maximum Gasteiger partial charge on any atom is 0.274 e. The van der Waals surface area contributed by atoms with Gasteiger partial charge in [0.2, 0.25) is 0 Å². The summed E-state index contributed by atoms with van der Waals surface area (Å²) in [5, 5.41) is 16.1. The lowest BCUT2D eigenvalue weighted by Gasteiger charge is -2.37. The molecule has 0 unspecified atom stereocenters. The van der Waals surface area contributed by atoms with E-state index < -0.39 is 0 Å². The molecule has 1 N–H and O–H groups in total. The topological polar surface area (TPSA) is 90.1 Å². The summed E-state index contributed by atoms with van der Waals surface area (Å²) in [5.74, 6) is -0.538. The van der Waals surface area contributed by atoms with E-state index in [1.54, 1.807) is 41.5 Å². The summed E-state index contributed by atoms with van der Waals surface area (Å²) >= 11 is 0. The van der Waals surface area contributed by atoms with E-state index >= 15 is 0 Å². The lowest BCUT2D eigenvalue weighted by molar-refractivity contribution is 0.102. The molecule has 8 nitrogen and oxygen atoms in total. The molecule has 196 valence electrons. The molecule has 0 atom stereocenters. The molecule has 1 aliphatic rings. The molecule has 3 heterocycles. The summed E-state index contributed by atoms with van der Waals surface area (Å²) in [6.07, 6.45) is 5.02. The minimum absolute atomic E-state index is 0.218. The molecule has 9 heteroatoms. The minimum atomic E-state index is -0.320. The van der Waals surface area contributed by atoms with Gasteiger partial charge in [-0.2, -0.15) is 10.4 Å². The van der Waals surface area contributed by atoms with Gasteiger partial charge in [-0.3, -0.25) is 19.4 Å². The first-order valence-electron chi connectivity index (χ1n) is 12.7. The van der Waals surface area contributed by atoms with Crippen LogP contribution in [0.1, 0.15) is 32.7 Å². The van der Waals surface area contributed by atoms with E-state index in [4.69, 9.17) is 5.26 Å². The molecular formula is C30H28FN7O. The van der Waals surface area contributed by atoms with Crippen LogP contribution in [-0.2, 0) is 13.1 Å². The van der Waals surface area contributed by atoms with Crippen molar-refractivity contribution in [3.8, 4) is 6.07 Å². The van der Waals surface area contributed by atoms with E-state index in [-0.39, 0.29) is 11.7 Å². The van der Waals surface area contributed by atoms with E-state index in [1.807, 2.05) is 30.3 Å². The first-order chi connectivity index (χ1) is 19.0. The molecule has 0 saturated carbocycles. The number of rotatable bonds is 8. The monoisotopic (exact) mass is 521 g/mol. The molecule has 4 aromatic rings. The SMILES string of the molecule is C=C(c1ccc(C(=O)Nc2cnn(Cc3ccc(C#N)cc3)c2)nc1)N1CCN(Cc2ccc(F)cc2)CC1. The van der Waals surface area contributed by atoms with Crippen LogP contribution < -0.4 is 5.32 Å². The molecule has 1 saturated heterocycles. The number of carbonyl (C=O) groups excluding carboxylic acids is 1. The quantitative estimate of drug-likeness (QED) is 0.370. The summed E-state index contributed by atoms with van der Waals surface area (Å²) in [7, 11) is 0. The Hall–Kier alpha value is -4.81. The van der Waals surface area contributed by atoms with E-state index in [0.29, 0.717) is 23.5 Å². The van der Waals surface area contributed by atoms with Gasteiger partial charge in [-0.25, -0.2) is 4.39 Å². The second-order valence-electron chi connectivity index (χ2n) is 9.46. The van der Waals surface area contributed by atoms with Gasteiger partial charge in [0, 0.05) is 56.4 Å². The molecule has 0 spiro atoms. The second-order valence-corrected chi connectivity index (χ2v) is 9.46. The summed E-state index contributed by atoms with van der Waals surface area (Å²) in [4.78, 5) is 21.7. The molecule has 0 bridgehead atoms. The van der Waals surface area contributed by atoms with E-state index in [2.05, 4.69) is 37.8 Å². The average molecular weight is 522 g/mol. The second kappa shape index (κ2) is 11.7. The maximum atomic E-state index is 13.2. The van der Waals surface area contributed by atoms with Gasteiger partial charge >= 0.3 is 0 Å². The molecule has 2 aromatic carbocycles. The zero-order chi connectivity index (χ0) is 27.2. The third-order valence-electron chi connectivity index (χ3n) is 6.72. The van der Waals surface area contributed by atoms with Crippen LogP contribution in [0.2, 0.25) is 0 Å². The minimum Gasteiger partial charge on any atom is -0.369 e. The van der Waals surface area contributed by atoms with E-state index in [0.717, 1.165) is 55.1 Å². The van der Waals surface area contributed by atoms with Crippen molar-refractivity contribution in [2.24, 2.45) is 0 Å². The number of halogens is 1. The highest BCUT2D eigenvalue weighted by molar-refractivity contribution is 6.02. The molecule has 0 aliphatic carbocycles. The summed E-state index contributed by atoms with van der Waals surface area (Å²) < 4.78 is 14.9. The van der Waals surface area contributed by atoms with Crippen molar-refractivity contribution in [3.05, 3.63) is 120 Å². The Bertz CT molecular complexity index is 1480. The van der Waals surface area contributed by atoms with E-state index in [9.17, 15) is 9.18 Å². The third-order valence-corrected chi connectivity index (χ3v) is 6.72. The Balaban J connectivity index is 1.11. The zero-order valence-corrected chi connectivity index (χ0v) is 21.4. The van der Waals surface area contributed by atoms with Crippen LogP contribution in [0, 0.1) is 17.1 Å². The van der Waals surface area contributed by atoms with Crippen LogP contribution in [0.15, 0.2) is 85.8 Å². The Labute approximate surface area is 226 Å². The fourth-order valence-corrected chi connectivity index (χ4v) is 4.49. The van der Waals surface area contributed by atoms with Gasteiger partial charge in [-0.05, 0) is 47.5 Å². The highest BCUT2D eigenvalue weighted by atomic mass is 19.1. The fraction of sp³-hybridized carbons (Fsp3) is 0.200. The van der Waals surface area contributed by atoms with Crippen molar-refractivity contribution >= 4 is 17.3 Å². The predicted octanol–water partition coefficient (Wildman–Crippen LogP) is 4.38. The van der Waals surface area contributed by atoms with Gasteiger partial charge in [-0.1, -0.05) is 30.8 Å². The molecule has 5 rings (SSSR count). The molecule has 39 heavy (non-hydrogen) atoms. The Morgan fingerprint density at radius 2 is 1.64 bits per heavy atom. The fourth-order valence-electron chi connectivity index (χ4n) is 4.49. The summed E-state index contributed by atoms with van der Waals surface area (Å²) in [6.45, 7) is 8.98. The molecule has 1 fully saturated rings. The van der Waals surface area contributed by atoms with Gasteiger partial charge in [-0.15, -0.1) is 0 Å². The third kappa shape index (κ3) is 6.55. The van der Waals surface area contributed by atoms with Gasteiger partial charge in [0.25, 0.3) is 5.91 Å². The van der Waals surface area contributed by atoms with Crippen molar-refractivity contribution in [3.63, 3.8) is 0 Å². The van der Waals surface area contributed by atoms with Gasteiger partial charge in [0.1, 0.15) is 11.5 Å². The molecule has 2 aromatic heterocycles. The van der Waals surface area contributed by atoms with Crippen LogP contribution in [0.25, 0.3) is 5.70 Å². The number of pyridine rings is 1. The molecule has 1 amide bonds. The van der Waals surface area contributed by atoms with Crippen LogP contribution >= 0.6 is 0 Å². The Kier molecular flexibility index (Phi) is 7.75. The summed E-state index contributed by atoms with van der Waals surface area (Å²) in [5.41, 5.74) is 5.32. The lowest BCUT2D eigenvalue weighted by Crippen LogP contribution is -2.44. The smallest absolute Gasteiger partial charge is 0.274 e. The first-order valence-corrected chi connectivity index (χ1v) is 12.7. The number of nitrogens with one attached hydrogen (secondary N) is 1. The normalized spacial score (nSPS) is 13.6. The number of carbonyl (C=O) groups is 1. The number of hydrogen-bond acceptors (Lipinski definition) is 6. The largest absolute Gasteiger partial charge is 0.369 e. The molecule has 1 aliphatic heterocycles. The Morgan fingerprint density at radius 3 is 2.31 bits per heavy atom. The number of anilines is 1. The highest BCUT2D eigenvalue weighted by Gasteiger charge is 2.19. The highest BCUT2D eigenvalue weighted by Crippen LogP contribution is 2.20. The number of nitrogens with zero attached hydrogens (tertiary/aromatic N) is 6. The number of nitriles is 1. The Morgan fingerprint density at radius 1 is 0.949 bits per heavy atom. The number of piperazine rings is 1. The average Bonchev–Trinajstić information content (AvgIpc) is 3.41. The van der Waals surface area contributed by atoms with Gasteiger partial charge in [0.05, 0.1) is 30.1 Å². The van der Waals surface area contributed by atoms with Crippen molar-refractivity contribution in [1.82, 2.24) is 24.6 Å². The van der Waals surface area contributed by atoms with Crippen molar-refractivity contribution in [2.75, 3.05) is 31.5 Å². The number of amides is 1. The van der Waals surface area contributed by atoms with Crippen LogP contribution in [0.5, 0.6) is 0 Å². The van der Waals surface area contributed by atoms with Gasteiger partial charge < -0.3 is 10.2 Å². The standard InChI is InChI=1S/C30H28FN7O/c1-22(37-14-12-36(13-15-37)19-24-6-9-27(31)10-7-24)26-8-11-29(33-17-26)30(39)35-28-18-34-38(21-28)20-25-4-2-23(16-32)3-5-25/h2-11,17-18,21H,1,12-15,19-20H2,(H,35,39). The van der Waals surface area contributed by atoms with Crippen molar-refractivity contribution < 1.29 is 9.18 Å². The molecule has 0 radical (unpaired) electrons. The lowest BCUT2D eigenvalue weighted by atomic mass is 10.1. The van der Waals surface area contributed by atoms with Crippen LogP contribution in [0.4, 0.5) is 10.1 Å². The van der Waals surface area contributed by atoms with Crippen molar-refractivity contribution in [2.45, 2.75) is 13.1 Å². The number of hydrogen-bond donors (Lipinski definition) is 1. The number of benzene rings is 2. The first kappa shape index (κ1) is 25.8. The summed E-state index contributed by atoms with van der Waals surface area (Å²) in [6, 6.07) is 19.6. The van der Waals surface area contributed by atoms with Gasteiger partial charge in [0.15, 0.2) is 0 Å². The number of aromatic nitrogens is 3. The van der Waals surface area contributed by atoms with E-state index in [1.165, 1.54) is 12.1 Å². The maximum absolute atomic E-state index is 13.2. The van der Waals surface area contributed by atoms with Crippen LogP contribution in [0.3, 0.4) is 0 Å². The van der Waals surface area contributed by atoms with Crippen molar-refractivity contribution in [1.29, 1.82) is 5.26 Å². The van der Waals surface area contributed by atoms with Crippen LogP contribution in [-0.4, -0.2) is 56.7 Å².